The fraction of sp³-hybridized carbons (Fsp3) is 0.625. The van der Waals surface area contributed by atoms with E-state index < -0.39 is 11.6 Å². The van der Waals surface area contributed by atoms with Crippen molar-refractivity contribution in [2.75, 3.05) is 26.2 Å². The first-order valence-electron chi connectivity index (χ1n) is 7.77. The van der Waals surface area contributed by atoms with Crippen LogP contribution in [0.5, 0.6) is 5.75 Å². The Hall–Kier alpha value is -1.20. The molecule has 0 aromatic heterocycles. The van der Waals surface area contributed by atoms with E-state index in [4.69, 9.17) is 4.74 Å². The van der Waals surface area contributed by atoms with Gasteiger partial charge in [-0.05, 0) is 63.9 Å². The zero-order chi connectivity index (χ0) is 14.9. The van der Waals surface area contributed by atoms with Crippen LogP contribution >= 0.6 is 0 Å². The number of ether oxygens (including phenoxy) is 1. The monoisotopic (exact) mass is 298 g/mol. The highest BCUT2D eigenvalue weighted by molar-refractivity contribution is 5.23. The predicted molar refractivity (Wildman–Crippen MR) is 79.6 cm³/mol. The largest absolute Gasteiger partial charge is 0.493 e. The molecule has 1 aliphatic heterocycles. The Bertz CT molecular complexity index is 423. The van der Waals surface area contributed by atoms with Crippen molar-refractivity contribution in [1.82, 2.24) is 10.6 Å². The zero-order valence-corrected chi connectivity index (χ0v) is 12.3. The minimum Gasteiger partial charge on any atom is -0.493 e. The molecule has 0 unspecified atom stereocenters. The molecule has 5 heteroatoms. The van der Waals surface area contributed by atoms with Gasteiger partial charge in [-0.15, -0.1) is 0 Å². The van der Waals surface area contributed by atoms with E-state index in [-0.39, 0.29) is 0 Å². The molecule has 1 fully saturated rings. The highest BCUT2D eigenvalue weighted by Gasteiger charge is 2.11. The summed E-state index contributed by atoms with van der Waals surface area (Å²) in [6.45, 7) is 3.80. The van der Waals surface area contributed by atoms with Crippen molar-refractivity contribution in [3.05, 3.63) is 29.8 Å². The van der Waals surface area contributed by atoms with E-state index in [1.54, 1.807) is 0 Å². The van der Waals surface area contributed by atoms with E-state index in [9.17, 15) is 8.78 Å². The summed E-state index contributed by atoms with van der Waals surface area (Å²) in [4.78, 5) is 0. The lowest BCUT2D eigenvalue weighted by Gasteiger charge is -2.23. The Balaban J connectivity index is 1.48. The fourth-order valence-electron chi connectivity index (χ4n) is 2.49. The van der Waals surface area contributed by atoms with E-state index in [0.29, 0.717) is 18.4 Å². The first-order valence-corrected chi connectivity index (χ1v) is 7.77. The molecule has 0 amide bonds. The lowest BCUT2D eigenvalue weighted by molar-refractivity contribution is 0.300. The summed E-state index contributed by atoms with van der Waals surface area (Å²) in [7, 11) is 0. The standard InChI is InChI=1S/C16H24F2N2O/c17-15-5-4-14(12-16(15)18)21-11-3-1-2-8-20-13-6-9-19-10-7-13/h4-5,12-13,19-20H,1-3,6-11H2. The van der Waals surface area contributed by atoms with Crippen molar-refractivity contribution in [3.63, 3.8) is 0 Å². The molecule has 2 rings (SSSR count). The molecular formula is C16H24F2N2O. The Labute approximate surface area is 125 Å². The lowest BCUT2D eigenvalue weighted by atomic mass is 10.1. The van der Waals surface area contributed by atoms with Crippen molar-refractivity contribution in [2.24, 2.45) is 0 Å². The van der Waals surface area contributed by atoms with Crippen molar-refractivity contribution in [1.29, 1.82) is 0 Å². The SMILES string of the molecule is Fc1ccc(OCCCCCNC2CCNCC2)cc1F. The van der Waals surface area contributed by atoms with Gasteiger partial charge in [0, 0.05) is 12.1 Å². The molecular weight excluding hydrogens is 274 g/mol. The maximum atomic E-state index is 13.0. The van der Waals surface area contributed by atoms with Crippen LogP contribution in [0.3, 0.4) is 0 Å². The minimum atomic E-state index is -0.862. The summed E-state index contributed by atoms with van der Waals surface area (Å²) in [6, 6.07) is 4.29. The van der Waals surface area contributed by atoms with Crippen molar-refractivity contribution in [2.45, 2.75) is 38.1 Å². The molecule has 1 aromatic rings. The highest BCUT2D eigenvalue weighted by Crippen LogP contribution is 2.15. The van der Waals surface area contributed by atoms with Crippen LogP contribution in [0, 0.1) is 11.6 Å². The molecule has 118 valence electrons. The number of nitrogens with one attached hydrogen (secondary N) is 2. The summed E-state index contributed by atoms with van der Waals surface area (Å²) < 4.78 is 31.1. The number of hydrogen-bond acceptors (Lipinski definition) is 3. The molecule has 1 aromatic carbocycles. The van der Waals surface area contributed by atoms with Gasteiger partial charge in [0.25, 0.3) is 0 Å². The molecule has 1 saturated heterocycles. The summed E-state index contributed by atoms with van der Waals surface area (Å²) >= 11 is 0. The first kappa shape index (κ1) is 16.2. The number of hydrogen-bond donors (Lipinski definition) is 2. The van der Waals surface area contributed by atoms with Crippen LogP contribution in [0.4, 0.5) is 8.78 Å². The van der Waals surface area contributed by atoms with E-state index >= 15 is 0 Å². The lowest BCUT2D eigenvalue weighted by Crippen LogP contribution is -2.40. The van der Waals surface area contributed by atoms with E-state index in [1.807, 2.05) is 0 Å². The topological polar surface area (TPSA) is 33.3 Å². The van der Waals surface area contributed by atoms with Gasteiger partial charge in [-0.1, -0.05) is 0 Å². The van der Waals surface area contributed by atoms with E-state index in [2.05, 4.69) is 10.6 Å². The molecule has 0 radical (unpaired) electrons. The smallest absolute Gasteiger partial charge is 0.162 e. The van der Waals surface area contributed by atoms with E-state index in [1.165, 1.54) is 18.9 Å². The van der Waals surface area contributed by atoms with Gasteiger partial charge < -0.3 is 15.4 Å². The van der Waals surface area contributed by atoms with Gasteiger partial charge >= 0.3 is 0 Å². The molecule has 2 N–H and O–H groups in total. The third-order valence-electron chi connectivity index (χ3n) is 3.75. The third kappa shape index (κ3) is 5.98. The highest BCUT2D eigenvalue weighted by atomic mass is 19.2. The quantitative estimate of drug-likeness (QED) is 0.724. The first-order chi connectivity index (χ1) is 10.3. The molecule has 0 spiro atoms. The van der Waals surface area contributed by atoms with Crippen molar-refractivity contribution < 1.29 is 13.5 Å². The van der Waals surface area contributed by atoms with Crippen LogP contribution in [0.25, 0.3) is 0 Å². The number of unbranched alkanes of at least 4 members (excludes halogenated alkanes) is 2. The Morgan fingerprint density at radius 1 is 1.10 bits per heavy atom. The predicted octanol–water partition coefficient (Wildman–Crippen LogP) is 2.86. The molecule has 3 nitrogen and oxygen atoms in total. The maximum Gasteiger partial charge on any atom is 0.162 e. The molecule has 0 saturated carbocycles. The van der Waals surface area contributed by atoms with Gasteiger partial charge in [-0.3, -0.25) is 0 Å². The number of halogens is 2. The third-order valence-corrected chi connectivity index (χ3v) is 3.75. The van der Waals surface area contributed by atoms with Crippen LogP contribution in [-0.4, -0.2) is 32.3 Å². The van der Waals surface area contributed by atoms with Gasteiger partial charge in [0.05, 0.1) is 6.61 Å². The van der Waals surface area contributed by atoms with Gasteiger partial charge in [0.15, 0.2) is 11.6 Å². The molecule has 1 aliphatic rings. The second-order valence-corrected chi connectivity index (χ2v) is 5.46. The van der Waals surface area contributed by atoms with Gasteiger partial charge in [0.2, 0.25) is 0 Å². The Morgan fingerprint density at radius 2 is 1.90 bits per heavy atom. The number of piperidine rings is 1. The number of rotatable bonds is 8. The van der Waals surface area contributed by atoms with Crippen LogP contribution in [0.2, 0.25) is 0 Å². The summed E-state index contributed by atoms with van der Waals surface area (Å²) in [5, 5.41) is 6.92. The van der Waals surface area contributed by atoms with Gasteiger partial charge in [-0.2, -0.15) is 0 Å². The maximum absolute atomic E-state index is 13.0. The molecule has 21 heavy (non-hydrogen) atoms. The second kappa shape index (κ2) is 8.95. The minimum absolute atomic E-state index is 0.390. The molecule has 1 heterocycles. The second-order valence-electron chi connectivity index (χ2n) is 5.46. The molecule has 0 aliphatic carbocycles. The van der Waals surface area contributed by atoms with Gasteiger partial charge in [-0.25, -0.2) is 8.78 Å². The Morgan fingerprint density at radius 3 is 2.67 bits per heavy atom. The van der Waals surface area contributed by atoms with E-state index in [0.717, 1.165) is 51.0 Å². The van der Waals surface area contributed by atoms with Crippen LogP contribution in [0.15, 0.2) is 18.2 Å². The summed E-state index contributed by atoms with van der Waals surface area (Å²) in [5.41, 5.74) is 0. The molecule has 0 bridgehead atoms. The average Bonchev–Trinajstić information content (AvgIpc) is 2.51. The van der Waals surface area contributed by atoms with Gasteiger partial charge in [0.1, 0.15) is 5.75 Å². The fourth-order valence-corrected chi connectivity index (χ4v) is 2.49. The van der Waals surface area contributed by atoms with Crippen LogP contribution < -0.4 is 15.4 Å². The Kier molecular flexibility index (Phi) is 6.89. The normalized spacial score (nSPS) is 16.1. The average molecular weight is 298 g/mol. The van der Waals surface area contributed by atoms with Crippen LogP contribution in [-0.2, 0) is 0 Å². The summed E-state index contributed by atoms with van der Waals surface area (Å²) in [5.74, 6) is -1.31. The van der Waals surface area contributed by atoms with Crippen molar-refractivity contribution in [3.8, 4) is 5.75 Å². The van der Waals surface area contributed by atoms with Crippen molar-refractivity contribution >= 4 is 0 Å². The zero-order valence-electron chi connectivity index (χ0n) is 12.3. The van der Waals surface area contributed by atoms with Crippen LogP contribution in [0.1, 0.15) is 32.1 Å². The molecule has 0 atom stereocenters. The summed E-state index contributed by atoms with van der Waals surface area (Å²) in [6.07, 6.45) is 5.53. The number of benzene rings is 1.